The quantitative estimate of drug-likeness (QED) is 0.698. The van der Waals surface area contributed by atoms with Crippen LogP contribution in [0.15, 0.2) is 30.3 Å². The average Bonchev–Trinajstić information content (AvgIpc) is 2.50. The van der Waals surface area contributed by atoms with E-state index in [1.807, 2.05) is 35.8 Å². The number of para-hydroxylation sites is 2. The molecule has 1 heterocycles. The molecule has 0 saturated carbocycles. The maximum absolute atomic E-state index is 10.9. The molecule has 0 aliphatic rings. The van der Waals surface area contributed by atoms with E-state index in [4.69, 9.17) is 0 Å². The van der Waals surface area contributed by atoms with Gasteiger partial charge in [-0.15, -0.1) is 0 Å². The fourth-order valence-corrected chi connectivity index (χ4v) is 1.53. The third-order valence-electron chi connectivity index (χ3n) is 2.23. The summed E-state index contributed by atoms with van der Waals surface area (Å²) in [5.41, 5.74) is 1.97. The first kappa shape index (κ1) is 9.65. The lowest BCUT2D eigenvalue weighted by molar-refractivity contribution is -0.112. The number of ketones is 1. The summed E-state index contributed by atoms with van der Waals surface area (Å²) in [6, 6.07) is 7.86. The molecule has 2 rings (SSSR count). The van der Waals surface area contributed by atoms with Crippen molar-refractivity contribution in [1.82, 2.24) is 9.55 Å². The topological polar surface area (TPSA) is 34.9 Å². The minimum absolute atomic E-state index is 0.0344. The van der Waals surface area contributed by atoms with Gasteiger partial charge in [0.15, 0.2) is 5.78 Å². The number of carbonyl (C=O) groups is 1. The van der Waals surface area contributed by atoms with Gasteiger partial charge in [0, 0.05) is 6.20 Å². The van der Waals surface area contributed by atoms with Crippen LogP contribution in [0.1, 0.15) is 12.7 Å². The van der Waals surface area contributed by atoms with Crippen LogP contribution < -0.4 is 0 Å². The first-order chi connectivity index (χ1) is 7.18. The Morgan fingerprint density at radius 2 is 2.13 bits per heavy atom. The number of aryl methyl sites for hydroxylation is 1. The predicted octanol–water partition coefficient (Wildman–Crippen LogP) is 2.40. The maximum Gasteiger partial charge on any atom is 0.154 e. The van der Waals surface area contributed by atoms with Crippen LogP contribution in [0.2, 0.25) is 0 Å². The van der Waals surface area contributed by atoms with Gasteiger partial charge in [-0.1, -0.05) is 12.1 Å². The molecule has 0 N–H and O–H groups in total. The molecule has 0 aliphatic carbocycles. The molecule has 15 heavy (non-hydrogen) atoms. The summed E-state index contributed by atoms with van der Waals surface area (Å²) in [6.45, 7) is 3.45. The zero-order valence-electron chi connectivity index (χ0n) is 8.77. The standard InChI is InChI=1S/C12H12N2O/c1-9(15)7-8-14-10(2)13-11-5-3-4-6-12(11)14/h3-8H,1-2H3. The van der Waals surface area contributed by atoms with Crippen LogP contribution in [0, 0.1) is 6.92 Å². The zero-order valence-corrected chi connectivity index (χ0v) is 8.77. The molecule has 1 aromatic carbocycles. The fourth-order valence-electron chi connectivity index (χ4n) is 1.53. The van der Waals surface area contributed by atoms with Crippen LogP contribution in [-0.2, 0) is 4.79 Å². The second-order valence-electron chi connectivity index (χ2n) is 3.44. The van der Waals surface area contributed by atoms with Crippen molar-refractivity contribution in [2.75, 3.05) is 0 Å². The number of hydrogen-bond acceptors (Lipinski definition) is 2. The van der Waals surface area contributed by atoms with Crippen molar-refractivity contribution < 1.29 is 4.79 Å². The summed E-state index contributed by atoms with van der Waals surface area (Å²) in [4.78, 5) is 15.3. The Morgan fingerprint density at radius 3 is 2.87 bits per heavy atom. The molecule has 76 valence electrons. The number of hydrogen-bond donors (Lipinski definition) is 0. The third-order valence-corrected chi connectivity index (χ3v) is 2.23. The highest BCUT2D eigenvalue weighted by molar-refractivity contribution is 5.91. The Kier molecular flexibility index (Phi) is 2.37. The summed E-state index contributed by atoms with van der Waals surface area (Å²) in [5.74, 6) is 0.917. The third kappa shape index (κ3) is 1.81. The first-order valence-corrected chi connectivity index (χ1v) is 4.81. The Hall–Kier alpha value is -1.90. The molecule has 3 heteroatoms. The van der Waals surface area contributed by atoms with Gasteiger partial charge in [-0.05, 0) is 32.1 Å². The Bertz CT molecular complexity index is 538. The highest BCUT2D eigenvalue weighted by Crippen LogP contribution is 2.15. The normalized spacial score (nSPS) is 11.3. The van der Waals surface area contributed by atoms with E-state index in [-0.39, 0.29) is 5.78 Å². The number of aromatic nitrogens is 2. The second kappa shape index (κ2) is 3.69. The smallest absolute Gasteiger partial charge is 0.154 e. The molecule has 3 nitrogen and oxygen atoms in total. The number of allylic oxidation sites excluding steroid dienone is 1. The van der Waals surface area contributed by atoms with Gasteiger partial charge in [0.2, 0.25) is 0 Å². The molecule has 0 radical (unpaired) electrons. The van der Waals surface area contributed by atoms with Crippen molar-refractivity contribution in [3.05, 3.63) is 36.2 Å². The largest absolute Gasteiger partial charge is 0.303 e. The Labute approximate surface area is 88.0 Å². The van der Waals surface area contributed by atoms with Gasteiger partial charge in [-0.3, -0.25) is 4.79 Å². The van der Waals surface area contributed by atoms with E-state index in [1.165, 1.54) is 6.92 Å². The molecule has 0 aliphatic heterocycles. The van der Waals surface area contributed by atoms with Crippen LogP contribution >= 0.6 is 0 Å². The number of nitrogens with zero attached hydrogens (tertiary/aromatic N) is 2. The molecular weight excluding hydrogens is 188 g/mol. The van der Waals surface area contributed by atoms with Crippen LogP contribution in [0.4, 0.5) is 0 Å². The SMILES string of the molecule is CC(=O)C=Cn1c(C)nc2ccccc21. The lowest BCUT2D eigenvalue weighted by Crippen LogP contribution is -1.91. The van der Waals surface area contributed by atoms with Gasteiger partial charge < -0.3 is 4.57 Å². The Morgan fingerprint density at radius 1 is 1.40 bits per heavy atom. The van der Waals surface area contributed by atoms with Crippen molar-refractivity contribution in [2.45, 2.75) is 13.8 Å². The summed E-state index contributed by atoms with van der Waals surface area (Å²) >= 11 is 0. The molecule has 0 fully saturated rings. The van der Waals surface area contributed by atoms with Crippen molar-refractivity contribution in [3.8, 4) is 0 Å². The van der Waals surface area contributed by atoms with Crippen molar-refractivity contribution in [3.63, 3.8) is 0 Å². The zero-order chi connectivity index (χ0) is 10.8. The summed E-state index contributed by atoms with van der Waals surface area (Å²) in [6.07, 6.45) is 3.30. The van der Waals surface area contributed by atoms with Crippen molar-refractivity contribution in [1.29, 1.82) is 0 Å². The molecule has 0 bridgehead atoms. The minimum atomic E-state index is 0.0344. The van der Waals surface area contributed by atoms with Gasteiger partial charge in [-0.2, -0.15) is 0 Å². The second-order valence-corrected chi connectivity index (χ2v) is 3.44. The highest BCUT2D eigenvalue weighted by atomic mass is 16.1. The van der Waals surface area contributed by atoms with Crippen LogP contribution in [-0.4, -0.2) is 15.3 Å². The predicted molar refractivity (Wildman–Crippen MR) is 60.5 cm³/mol. The van der Waals surface area contributed by atoms with Crippen molar-refractivity contribution >= 4 is 23.0 Å². The highest BCUT2D eigenvalue weighted by Gasteiger charge is 2.03. The molecule has 1 aromatic heterocycles. The number of imidazole rings is 1. The van der Waals surface area contributed by atoms with E-state index in [2.05, 4.69) is 4.98 Å². The van der Waals surface area contributed by atoms with Gasteiger partial charge in [0.05, 0.1) is 11.0 Å². The van der Waals surface area contributed by atoms with Gasteiger partial charge in [0.1, 0.15) is 5.82 Å². The van der Waals surface area contributed by atoms with Gasteiger partial charge in [0.25, 0.3) is 0 Å². The lowest BCUT2D eigenvalue weighted by atomic mass is 10.3. The summed E-state index contributed by atoms with van der Waals surface area (Å²) in [7, 11) is 0. The minimum Gasteiger partial charge on any atom is -0.303 e. The number of carbonyl (C=O) groups excluding carboxylic acids is 1. The Balaban J connectivity index is 2.59. The van der Waals surface area contributed by atoms with E-state index in [0.717, 1.165) is 16.9 Å². The van der Waals surface area contributed by atoms with Gasteiger partial charge >= 0.3 is 0 Å². The van der Waals surface area contributed by atoms with Gasteiger partial charge in [-0.25, -0.2) is 4.98 Å². The van der Waals surface area contributed by atoms with E-state index < -0.39 is 0 Å². The molecule has 2 aromatic rings. The number of rotatable bonds is 2. The molecule has 0 spiro atoms. The van der Waals surface area contributed by atoms with E-state index in [0.29, 0.717) is 0 Å². The molecule has 0 atom stereocenters. The maximum atomic E-state index is 10.9. The molecule has 0 unspecified atom stereocenters. The van der Waals surface area contributed by atoms with Crippen LogP contribution in [0.3, 0.4) is 0 Å². The fraction of sp³-hybridized carbons (Fsp3) is 0.167. The van der Waals surface area contributed by atoms with E-state index in [1.54, 1.807) is 12.3 Å². The average molecular weight is 200 g/mol. The summed E-state index contributed by atoms with van der Waals surface area (Å²) < 4.78 is 1.91. The van der Waals surface area contributed by atoms with Crippen molar-refractivity contribution in [2.24, 2.45) is 0 Å². The van der Waals surface area contributed by atoms with E-state index >= 15 is 0 Å². The van der Waals surface area contributed by atoms with E-state index in [9.17, 15) is 4.79 Å². The number of benzene rings is 1. The molecular formula is C12H12N2O. The summed E-state index contributed by atoms with van der Waals surface area (Å²) in [5, 5.41) is 0. The van der Waals surface area contributed by atoms with Crippen LogP contribution in [0.5, 0.6) is 0 Å². The molecule has 0 amide bonds. The molecule has 0 saturated heterocycles. The lowest BCUT2D eigenvalue weighted by Gasteiger charge is -1.97. The number of fused-ring (bicyclic) bond motifs is 1. The van der Waals surface area contributed by atoms with Crippen LogP contribution in [0.25, 0.3) is 17.2 Å². The monoisotopic (exact) mass is 200 g/mol. The first-order valence-electron chi connectivity index (χ1n) is 4.81.